The summed E-state index contributed by atoms with van der Waals surface area (Å²) in [7, 11) is 0. The highest BCUT2D eigenvalue weighted by Gasteiger charge is 2.42. The second-order valence-electron chi connectivity index (χ2n) is 8.89. The van der Waals surface area contributed by atoms with Crippen molar-refractivity contribution in [2.75, 3.05) is 11.7 Å². The molecule has 2 aromatic carbocycles. The number of allylic oxidation sites excluding steroid dienone is 3. The second-order valence-corrected chi connectivity index (χ2v) is 9.30. The summed E-state index contributed by atoms with van der Waals surface area (Å²) in [6, 6.07) is 17.8. The van der Waals surface area contributed by atoms with Gasteiger partial charge in [0.25, 0.3) is 0 Å². The maximum Gasteiger partial charge on any atom is 0.231 e. The normalized spacial score (nSPS) is 19.2. The lowest BCUT2D eigenvalue weighted by Gasteiger charge is -2.41. The fraction of sp³-hybridized carbons (Fsp3) is 0.214. The first-order valence-electron chi connectivity index (χ1n) is 11.6. The van der Waals surface area contributed by atoms with Gasteiger partial charge in [-0.1, -0.05) is 23.7 Å². The minimum Gasteiger partial charge on any atom is -0.454 e. The number of halogens is 1. The van der Waals surface area contributed by atoms with E-state index in [0.717, 1.165) is 35.4 Å². The highest BCUT2D eigenvalue weighted by atomic mass is 35.5. The van der Waals surface area contributed by atoms with Crippen LogP contribution in [0.5, 0.6) is 11.5 Å². The Hall–Kier alpha value is -3.95. The van der Waals surface area contributed by atoms with Crippen LogP contribution in [0.1, 0.15) is 36.3 Å². The molecule has 0 radical (unpaired) electrons. The van der Waals surface area contributed by atoms with Crippen LogP contribution in [0.15, 0.2) is 77.8 Å². The van der Waals surface area contributed by atoms with Gasteiger partial charge in [-0.25, -0.2) is 0 Å². The van der Waals surface area contributed by atoms with Crippen LogP contribution in [-0.2, 0) is 4.79 Å². The van der Waals surface area contributed by atoms with Crippen LogP contribution in [0.25, 0.3) is 5.82 Å². The third kappa shape index (κ3) is 3.43. The fourth-order valence-corrected chi connectivity index (χ4v) is 5.37. The standard InChI is InChI=1S/C28H22ClN3O3/c1-17-7-9-19(14-21(17)29)32-22-5-4-6-23(33)27(22)26(18-8-10-24-25(13-18)35-16-34-24)20(15-30)28(32)31-11-2-3-12-31/h2-3,7-14,26H,4-6,16H2,1H3. The first kappa shape index (κ1) is 21.6. The molecule has 1 atom stereocenters. The molecule has 0 bridgehead atoms. The highest BCUT2D eigenvalue weighted by Crippen LogP contribution is 2.50. The number of nitrogens with zero attached hydrogens (tertiary/aromatic N) is 3. The molecule has 1 unspecified atom stereocenters. The summed E-state index contributed by atoms with van der Waals surface area (Å²) in [5.41, 5.74) is 4.69. The van der Waals surface area contributed by atoms with Gasteiger partial charge in [0.05, 0.1) is 17.6 Å². The largest absolute Gasteiger partial charge is 0.454 e. The number of ether oxygens (including phenoxy) is 2. The molecule has 3 aromatic rings. The van der Waals surface area contributed by atoms with Crippen LogP contribution >= 0.6 is 11.6 Å². The van der Waals surface area contributed by atoms with E-state index >= 15 is 0 Å². The SMILES string of the molecule is Cc1ccc(N2C3=C(C(=O)CCC3)C(c3ccc4c(c3)OCO4)C(C#N)=C2n2cccc2)cc1Cl. The maximum atomic E-state index is 13.5. The van der Waals surface area contributed by atoms with E-state index in [2.05, 4.69) is 6.07 Å². The Morgan fingerprint density at radius 3 is 2.63 bits per heavy atom. The van der Waals surface area contributed by atoms with Crippen molar-refractivity contribution in [3.8, 4) is 17.6 Å². The molecule has 3 heterocycles. The Morgan fingerprint density at radius 2 is 1.86 bits per heavy atom. The molecule has 0 N–H and O–H groups in total. The predicted molar refractivity (Wildman–Crippen MR) is 133 cm³/mol. The van der Waals surface area contributed by atoms with Crippen LogP contribution in [0.2, 0.25) is 5.02 Å². The molecule has 0 spiro atoms. The van der Waals surface area contributed by atoms with E-state index in [9.17, 15) is 10.1 Å². The summed E-state index contributed by atoms with van der Waals surface area (Å²) in [5, 5.41) is 11.2. The summed E-state index contributed by atoms with van der Waals surface area (Å²) >= 11 is 6.54. The van der Waals surface area contributed by atoms with Crippen LogP contribution in [-0.4, -0.2) is 17.1 Å². The van der Waals surface area contributed by atoms with Gasteiger partial charge < -0.3 is 14.0 Å². The van der Waals surface area contributed by atoms with Gasteiger partial charge in [-0.05, 0) is 67.3 Å². The van der Waals surface area contributed by atoms with Crippen molar-refractivity contribution >= 4 is 28.9 Å². The summed E-state index contributed by atoms with van der Waals surface area (Å²) in [4.78, 5) is 15.5. The monoisotopic (exact) mass is 483 g/mol. The number of anilines is 1. The van der Waals surface area contributed by atoms with Gasteiger partial charge in [-0.15, -0.1) is 0 Å². The zero-order chi connectivity index (χ0) is 24.1. The first-order valence-corrected chi connectivity index (χ1v) is 11.9. The topological polar surface area (TPSA) is 67.5 Å². The Labute approximate surface area is 208 Å². The van der Waals surface area contributed by atoms with E-state index < -0.39 is 5.92 Å². The quantitative estimate of drug-likeness (QED) is 0.445. The smallest absolute Gasteiger partial charge is 0.231 e. The van der Waals surface area contributed by atoms with Crippen LogP contribution in [0.4, 0.5) is 5.69 Å². The number of nitriles is 1. The number of carbonyl (C=O) groups is 1. The van der Waals surface area contributed by atoms with Gasteiger partial charge in [0, 0.05) is 40.8 Å². The van der Waals surface area contributed by atoms with E-state index in [1.807, 2.05) is 77.3 Å². The molecule has 6 rings (SSSR count). The van der Waals surface area contributed by atoms with E-state index in [1.165, 1.54) is 0 Å². The molecule has 0 saturated heterocycles. The summed E-state index contributed by atoms with van der Waals surface area (Å²) < 4.78 is 13.1. The van der Waals surface area contributed by atoms with E-state index in [-0.39, 0.29) is 12.6 Å². The third-order valence-electron chi connectivity index (χ3n) is 6.84. The second kappa shape index (κ2) is 8.37. The molecule has 1 aliphatic carbocycles. The van der Waals surface area contributed by atoms with Crippen molar-refractivity contribution in [1.29, 1.82) is 5.26 Å². The number of benzene rings is 2. The number of fused-ring (bicyclic) bond motifs is 1. The zero-order valence-electron chi connectivity index (χ0n) is 19.1. The molecule has 7 heteroatoms. The van der Waals surface area contributed by atoms with Crippen LogP contribution in [0, 0.1) is 18.3 Å². The lowest BCUT2D eigenvalue weighted by molar-refractivity contribution is -0.116. The summed E-state index contributed by atoms with van der Waals surface area (Å²) in [6.07, 6.45) is 5.77. The number of carbonyl (C=O) groups excluding carboxylic acids is 1. The third-order valence-corrected chi connectivity index (χ3v) is 7.25. The molecule has 0 fully saturated rings. The Morgan fingerprint density at radius 1 is 1.06 bits per heavy atom. The molecule has 0 saturated carbocycles. The molecule has 3 aliphatic rings. The molecule has 6 nitrogen and oxygen atoms in total. The van der Waals surface area contributed by atoms with Crippen molar-refractivity contribution in [2.24, 2.45) is 0 Å². The molecule has 174 valence electrons. The van der Waals surface area contributed by atoms with Crippen molar-refractivity contribution < 1.29 is 14.3 Å². The number of ketones is 1. The molecule has 0 amide bonds. The number of aryl methyl sites for hydroxylation is 1. The van der Waals surface area contributed by atoms with Crippen LogP contribution in [0.3, 0.4) is 0 Å². The highest BCUT2D eigenvalue weighted by molar-refractivity contribution is 6.31. The minimum absolute atomic E-state index is 0.0661. The average Bonchev–Trinajstić information content (AvgIpc) is 3.56. The van der Waals surface area contributed by atoms with E-state index in [4.69, 9.17) is 21.1 Å². The van der Waals surface area contributed by atoms with Crippen molar-refractivity contribution in [3.05, 3.63) is 93.9 Å². The Bertz CT molecular complexity index is 1460. The van der Waals surface area contributed by atoms with Gasteiger partial charge in [-0.3, -0.25) is 9.69 Å². The van der Waals surface area contributed by atoms with Gasteiger partial charge in [0.15, 0.2) is 17.3 Å². The van der Waals surface area contributed by atoms with Crippen molar-refractivity contribution in [3.63, 3.8) is 0 Å². The summed E-state index contributed by atoms with van der Waals surface area (Å²) in [6.45, 7) is 2.12. The molecule has 1 aromatic heterocycles. The molecule has 35 heavy (non-hydrogen) atoms. The zero-order valence-corrected chi connectivity index (χ0v) is 19.9. The van der Waals surface area contributed by atoms with Crippen molar-refractivity contribution in [1.82, 2.24) is 4.57 Å². The van der Waals surface area contributed by atoms with Gasteiger partial charge in [0.2, 0.25) is 6.79 Å². The minimum atomic E-state index is -0.508. The number of aromatic nitrogens is 1. The molecular weight excluding hydrogens is 462 g/mol. The van der Waals surface area contributed by atoms with E-state index in [0.29, 0.717) is 39.9 Å². The average molecular weight is 484 g/mol. The number of rotatable bonds is 3. The molecule has 2 aliphatic heterocycles. The number of hydrogen-bond donors (Lipinski definition) is 0. The first-order chi connectivity index (χ1) is 17.1. The van der Waals surface area contributed by atoms with Crippen LogP contribution < -0.4 is 14.4 Å². The molecular formula is C28H22ClN3O3. The number of Topliss-reactive ketones (excluding diaryl/α,β-unsaturated/α-hetero) is 1. The van der Waals surface area contributed by atoms with Crippen molar-refractivity contribution in [2.45, 2.75) is 32.1 Å². The Balaban J connectivity index is 1.65. The lowest BCUT2D eigenvalue weighted by Crippen LogP contribution is -2.36. The van der Waals surface area contributed by atoms with Gasteiger partial charge in [-0.2, -0.15) is 5.26 Å². The maximum absolute atomic E-state index is 13.5. The van der Waals surface area contributed by atoms with Gasteiger partial charge in [0.1, 0.15) is 5.82 Å². The van der Waals surface area contributed by atoms with E-state index in [1.54, 1.807) is 0 Å². The fourth-order valence-electron chi connectivity index (χ4n) is 5.20. The predicted octanol–water partition coefficient (Wildman–Crippen LogP) is 6.18. The Kier molecular flexibility index (Phi) is 5.16. The van der Waals surface area contributed by atoms with Gasteiger partial charge >= 0.3 is 0 Å². The number of hydrogen-bond acceptors (Lipinski definition) is 5. The summed E-state index contributed by atoms with van der Waals surface area (Å²) in [5.74, 6) is 1.55. The lowest BCUT2D eigenvalue weighted by atomic mass is 9.75.